The Kier molecular flexibility index (Phi) is 7.07. The van der Waals surface area contributed by atoms with Gasteiger partial charge in [0.2, 0.25) is 8.32 Å². The minimum absolute atomic E-state index is 0.184. The fraction of sp³-hybridized carbons (Fsp3) is 1.00. The molecule has 3 fully saturated rings. The monoisotopic (exact) mass is 366 g/mol. The van der Waals surface area contributed by atoms with E-state index >= 15 is 0 Å². The molecule has 3 saturated carbocycles. The van der Waals surface area contributed by atoms with Gasteiger partial charge in [0.05, 0.1) is 5.60 Å². The molecule has 146 valence electrons. The molecule has 3 rings (SSSR count). The maximum Gasteiger partial charge on any atom is 0.248 e. The van der Waals surface area contributed by atoms with Crippen LogP contribution in [-0.2, 0) is 9.46 Å². The lowest BCUT2D eigenvalue weighted by molar-refractivity contribution is -0.290. The Morgan fingerprint density at radius 2 is 0.880 bits per heavy atom. The summed E-state index contributed by atoms with van der Waals surface area (Å²) in [6, 6.07) is 0. The van der Waals surface area contributed by atoms with Gasteiger partial charge in [-0.15, -0.1) is 0 Å². The number of rotatable bonds is 5. The molecule has 3 aliphatic rings. The van der Waals surface area contributed by atoms with E-state index in [1.165, 1.54) is 96.3 Å². The lowest BCUT2D eigenvalue weighted by atomic mass is 9.98. The zero-order valence-corrected chi connectivity index (χ0v) is 18.2. The van der Waals surface area contributed by atoms with E-state index in [0.29, 0.717) is 0 Å². The summed E-state index contributed by atoms with van der Waals surface area (Å²) in [7, 11) is -1.93. The Bertz CT molecular complexity index is 340. The van der Waals surface area contributed by atoms with Gasteiger partial charge in [0, 0.05) is 0 Å². The van der Waals surface area contributed by atoms with Crippen LogP contribution in [0.1, 0.15) is 117 Å². The summed E-state index contributed by atoms with van der Waals surface area (Å²) < 4.78 is 6.85. The first-order chi connectivity index (χ1) is 12.0. The second-order valence-electron chi connectivity index (χ2n) is 10.1. The first kappa shape index (κ1) is 19.9. The maximum absolute atomic E-state index is 6.85. The van der Waals surface area contributed by atoms with Crippen LogP contribution in [0.15, 0.2) is 0 Å². The Morgan fingerprint density at radius 3 is 1.16 bits per heavy atom. The second kappa shape index (κ2) is 8.88. The van der Waals surface area contributed by atoms with E-state index in [4.69, 9.17) is 9.46 Å². The first-order valence-electron chi connectivity index (χ1n) is 11.4. The highest BCUT2D eigenvalue weighted by Crippen LogP contribution is 2.57. The fourth-order valence-electron chi connectivity index (χ4n) is 6.06. The molecule has 2 nitrogen and oxygen atoms in total. The van der Waals surface area contributed by atoms with E-state index in [2.05, 4.69) is 20.8 Å². The molecule has 0 N–H and O–H groups in total. The van der Waals surface area contributed by atoms with Crippen LogP contribution in [0.5, 0.6) is 0 Å². The van der Waals surface area contributed by atoms with Crippen molar-refractivity contribution in [3.63, 3.8) is 0 Å². The van der Waals surface area contributed by atoms with Crippen LogP contribution in [0.25, 0.3) is 0 Å². The van der Waals surface area contributed by atoms with Crippen LogP contribution in [0.3, 0.4) is 0 Å². The van der Waals surface area contributed by atoms with Gasteiger partial charge in [-0.3, -0.25) is 4.58 Å². The highest BCUT2D eigenvalue weighted by Gasteiger charge is 2.56. The predicted octanol–water partition coefficient (Wildman–Crippen LogP) is 7.68. The SMILES string of the molecule is CC(C)(C)OO[Si](C1CCCCC1)(C1CCCCC1)C1CCCCC1. The summed E-state index contributed by atoms with van der Waals surface area (Å²) in [5, 5.41) is 0. The molecule has 0 aliphatic heterocycles. The third-order valence-corrected chi connectivity index (χ3v) is 13.1. The smallest absolute Gasteiger partial charge is 0.248 e. The fourth-order valence-corrected chi connectivity index (χ4v) is 12.8. The number of hydrogen-bond donors (Lipinski definition) is 0. The molecule has 0 amide bonds. The van der Waals surface area contributed by atoms with Gasteiger partial charge >= 0.3 is 0 Å². The van der Waals surface area contributed by atoms with Crippen molar-refractivity contribution in [2.75, 3.05) is 0 Å². The second-order valence-corrected chi connectivity index (χ2v) is 14.5. The van der Waals surface area contributed by atoms with Crippen molar-refractivity contribution in [2.45, 2.75) is 139 Å². The normalized spacial score (nSPS) is 26.0. The van der Waals surface area contributed by atoms with Crippen molar-refractivity contribution < 1.29 is 9.46 Å². The van der Waals surface area contributed by atoms with Gasteiger partial charge in [-0.1, -0.05) is 96.3 Å². The molecular weight excluding hydrogens is 324 g/mol. The van der Waals surface area contributed by atoms with Crippen molar-refractivity contribution in [3.05, 3.63) is 0 Å². The highest BCUT2D eigenvalue weighted by molar-refractivity contribution is 6.78. The Hall–Kier alpha value is 0.137. The van der Waals surface area contributed by atoms with Gasteiger partial charge < -0.3 is 0 Å². The molecule has 0 atom stereocenters. The Labute approximate surface area is 157 Å². The molecule has 3 aliphatic carbocycles. The third kappa shape index (κ3) is 4.90. The lowest BCUT2D eigenvalue weighted by Crippen LogP contribution is -2.54. The Balaban J connectivity index is 1.90. The molecule has 0 aromatic carbocycles. The van der Waals surface area contributed by atoms with Crippen LogP contribution < -0.4 is 0 Å². The number of hydrogen-bond acceptors (Lipinski definition) is 2. The molecule has 0 saturated heterocycles. The minimum Gasteiger partial charge on any atom is -0.285 e. The van der Waals surface area contributed by atoms with E-state index < -0.39 is 8.32 Å². The molecule has 0 heterocycles. The summed E-state index contributed by atoms with van der Waals surface area (Å²) in [6.45, 7) is 6.48. The average molecular weight is 367 g/mol. The van der Waals surface area contributed by atoms with Gasteiger partial charge in [0.1, 0.15) is 0 Å². The van der Waals surface area contributed by atoms with Crippen LogP contribution in [0.4, 0.5) is 0 Å². The molecule has 0 unspecified atom stereocenters. The summed E-state index contributed by atoms with van der Waals surface area (Å²) in [5.41, 5.74) is 2.38. The summed E-state index contributed by atoms with van der Waals surface area (Å²) in [6.07, 6.45) is 21.4. The van der Waals surface area contributed by atoms with Crippen molar-refractivity contribution in [2.24, 2.45) is 0 Å². The minimum atomic E-state index is -1.93. The maximum atomic E-state index is 6.85. The van der Waals surface area contributed by atoms with Crippen LogP contribution >= 0.6 is 0 Å². The molecular formula is C22H42O2Si. The average Bonchev–Trinajstić information content (AvgIpc) is 2.64. The molecule has 3 heteroatoms. The van der Waals surface area contributed by atoms with Gasteiger partial charge in [-0.05, 0) is 37.4 Å². The molecule has 0 bridgehead atoms. The summed E-state index contributed by atoms with van der Waals surface area (Å²) in [4.78, 5) is 6.22. The molecule has 0 aromatic rings. The molecule has 25 heavy (non-hydrogen) atoms. The van der Waals surface area contributed by atoms with Crippen LogP contribution in [0, 0.1) is 0 Å². The third-order valence-electron chi connectivity index (χ3n) is 7.17. The quantitative estimate of drug-likeness (QED) is 0.282. The zero-order valence-electron chi connectivity index (χ0n) is 17.2. The summed E-state index contributed by atoms with van der Waals surface area (Å²) in [5.74, 6) is 0. The van der Waals surface area contributed by atoms with Crippen molar-refractivity contribution in [1.82, 2.24) is 0 Å². The van der Waals surface area contributed by atoms with Crippen LogP contribution in [-0.4, -0.2) is 13.9 Å². The first-order valence-corrected chi connectivity index (χ1v) is 13.5. The van der Waals surface area contributed by atoms with Gasteiger partial charge in [0.15, 0.2) is 0 Å². The van der Waals surface area contributed by atoms with Gasteiger partial charge in [0.25, 0.3) is 0 Å². The van der Waals surface area contributed by atoms with Crippen molar-refractivity contribution >= 4 is 8.32 Å². The van der Waals surface area contributed by atoms with Crippen LogP contribution in [0.2, 0.25) is 16.6 Å². The topological polar surface area (TPSA) is 18.5 Å². The standard InChI is InChI=1S/C22H42O2Si/c1-22(2,3)23-24-25(19-13-7-4-8-14-19,20-15-9-5-10-16-20)21-17-11-6-12-18-21/h19-21H,4-18H2,1-3H3. The summed E-state index contributed by atoms with van der Waals surface area (Å²) >= 11 is 0. The van der Waals surface area contributed by atoms with Gasteiger partial charge in [-0.25, -0.2) is 4.89 Å². The van der Waals surface area contributed by atoms with E-state index in [1.807, 2.05) is 0 Å². The van der Waals surface area contributed by atoms with E-state index in [1.54, 1.807) is 0 Å². The van der Waals surface area contributed by atoms with E-state index in [-0.39, 0.29) is 5.60 Å². The van der Waals surface area contributed by atoms with Crippen molar-refractivity contribution in [3.8, 4) is 0 Å². The largest absolute Gasteiger partial charge is 0.285 e. The molecule has 0 aromatic heterocycles. The van der Waals surface area contributed by atoms with E-state index in [0.717, 1.165) is 16.6 Å². The molecule has 0 radical (unpaired) electrons. The lowest BCUT2D eigenvalue weighted by Gasteiger charge is -2.51. The molecule has 0 spiro atoms. The Morgan fingerprint density at radius 1 is 0.560 bits per heavy atom. The van der Waals surface area contributed by atoms with Crippen molar-refractivity contribution in [1.29, 1.82) is 0 Å². The van der Waals surface area contributed by atoms with Gasteiger partial charge in [-0.2, -0.15) is 0 Å². The highest BCUT2D eigenvalue weighted by atomic mass is 28.4. The zero-order chi connectivity index (χ0) is 17.8. The van der Waals surface area contributed by atoms with E-state index in [9.17, 15) is 0 Å². The predicted molar refractivity (Wildman–Crippen MR) is 108 cm³/mol.